The molecule has 0 aromatic heterocycles. The van der Waals surface area contributed by atoms with E-state index in [0.29, 0.717) is 12.2 Å². The van der Waals surface area contributed by atoms with Crippen LogP contribution in [0.15, 0.2) is 48.5 Å². The van der Waals surface area contributed by atoms with Gasteiger partial charge in [0.05, 0.1) is 6.61 Å². The van der Waals surface area contributed by atoms with Crippen molar-refractivity contribution in [3.63, 3.8) is 0 Å². The molecule has 4 nitrogen and oxygen atoms in total. The van der Waals surface area contributed by atoms with Crippen molar-refractivity contribution in [2.45, 2.75) is 32.6 Å². The van der Waals surface area contributed by atoms with E-state index >= 15 is 0 Å². The van der Waals surface area contributed by atoms with Crippen molar-refractivity contribution in [1.82, 2.24) is 0 Å². The standard InChI is InChI=1S/C21H26N2O2/c1-2-3-15-25-20-11-9-17(10-12-20)21(24)22-18-7-6-8-19(16-18)23-13-4-5-14-23/h6-12,16H,2-5,13-15H2,1H3,(H,22,24). The zero-order chi connectivity index (χ0) is 17.5. The smallest absolute Gasteiger partial charge is 0.255 e. The lowest BCUT2D eigenvalue weighted by Gasteiger charge is -2.18. The Morgan fingerprint density at radius 3 is 2.60 bits per heavy atom. The lowest BCUT2D eigenvalue weighted by atomic mass is 10.2. The van der Waals surface area contributed by atoms with Crippen LogP contribution >= 0.6 is 0 Å². The first-order chi connectivity index (χ1) is 12.3. The number of anilines is 2. The largest absolute Gasteiger partial charge is 0.494 e. The van der Waals surface area contributed by atoms with Gasteiger partial charge < -0.3 is 15.0 Å². The van der Waals surface area contributed by atoms with Crippen LogP contribution < -0.4 is 15.0 Å². The molecule has 0 bridgehead atoms. The summed E-state index contributed by atoms with van der Waals surface area (Å²) in [5.41, 5.74) is 2.64. The van der Waals surface area contributed by atoms with Crippen LogP contribution in [0.1, 0.15) is 43.0 Å². The van der Waals surface area contributed by atoms with Crippen LogP contribution in [0, 0.1) is 0 Å². The van der Waals surface area contributed by atoms with Gasteiger partial charge in [0.2, 0.25) is 0 Å². The molecule has 2 aromatic rings. The maximum atomic E-state index is 12.5. The second-order valence-corrected chi connectivity index (χ2v) is 6.42. The van der Waals surface area contributed by atoms with Gasteiger partial charge in [0, 0.05) is 30.0 Å². The van der Waals surface area contributed by atoms with E-state index in [1.165, 1.54) is 18.5 Å². The summed E-state index contributed by atoms with van der Waals surface area (Å²) in [6, 6.07) is 15.4. The van der Waals surface area contributed by atoms with Crippen molar-refractivity contribution in [2.24, 2.45) is 0 Å². The number of amides is 1. The molecule has 0 spiro atoms. The number of carbonyl (C=O) groups excluding carboxylic acids is 1. The van der Waals surface area contributed by atoms with E-state index in [0.717, 1.165) is 37.4 Å². The van der Waals surface area contributed by atoms with Gasteiger partial charge in [-0.3, -0.25) is 4.79 Å². The lowest BCUT2D eigenvalue weighted by Crippen LogP contribution is -2.18. The van der Waals surface area contributed by atoms with Gasteiger partial charge >= 0.3 is 0 Å². The lowest BCUT2D eigenvalue weighted by molar-refractivity contribution is 0.102. The Labute approximate surface area is 149 Å². The van der Waals surface area contributed by atoms with E-state index in [4.69, 9.17) is 4.74 Å². The molecule has 25 heavy (non-hydrogen) atoms. The minimum atomic E-state index is -0.0984. The number of benzene rings is 2. The molecule has 0 unspecified atom stereocenters. The summed E-state index contributed by atoms with van der Waals surface area (Å²) < 4.78 is 5.63. The molecule has 4 heteroatoms. The Bertz CT molecular complexity index is 691. The maximum absolute atomic E-state index is 12.5. The highest BCUT2D eigenvalue weighted by molar-refractivity contribution is 6.04. The van der Waals surface area contributed by atoms with E-state index < -0.39 is 0 Å². The molecule has 1 fully saturated rings. The van der Waals surface area contributed by atoms with E-state index in [9.17, 15) is 4.79 Å². The highest BCUT2D eigenvalue weighted by Crippen LogP contribution is 2.23. The van der Waals surface area contributed by atoms with E-state index in [-0.39, 0.29) is 5.91 Å². The third kappa shape index (κ3) is 4.75. The number of carbonyl (C=O) groups is 1. The Morgan fingerprint density at radius 1 is 1.12 bits per heavy atom. The molecule has 0 aliphatic carbocycles. The van der Waals surface area contributed by atoms with Crippen LogP contribution in [0.25, 0.3) is 0 Å². The van der Waals surface area contributed by atoms with Gasteiger partial charge in [-0.05, 0) is 61.7 Å². The summed E-state index contributed by atoms with van der Waals surface area (Å²) in [4.78, 5) is 14.8. The molecule has 1 N–H and O–H groups in total. The zero-order valence-corrected chi connectivity index (χ0v) is 14.8. The van der Waals surface area contributed by atoms with E-state index in [1.807, 2.05) is 30.3 Å². The molecule has 0 atom stereocenters. The van der Waals surface area contributed by atoms with Gasteiger partial charge in [-0.1, -0.05) is 19.4 Å². The first-order valence-electron chi connectivity index (χ1n) is 9.15. The van der Waals surface area contributed by atoms with Crippen LogP contribution in [-0.2, 0) is 0 Å². The quantitative estimate of drug-likeness (QED) is 0.743. The highest BCUT2D eigenvalue weighted by Gasteiger charge is 2.13. The van der Waals surface area contributed by atoms with Crippen LogP contribution in [0.5, 0.6) is 5.75 Å². The van der Waals surface area contributed by atoms with Gasteiger partial charge in [0.25, 0.3) is 5.91 Å². The SMILES string of the molecule is CCCCOc1ccc(C(=O)Nc2cccc(N3CCCC3)c2)cc1. The molecule has 0 radical (unpaired) electrons. The Hall–Kier alpha value is -2.49. The Balaban J connectivity index is 1.61. The summed E-state index contributed by atoms with van der Waals surface area (Å²) in [7, 11) is 0. The topological polar surface area (TPSA) is 41.6 Å². The van der Waals surface area contributed by atoms with Crippen molar-refractivity contribution in [3.05, 3.63) is 54.1 Å². The molecule has 0 saturated carbocycles. The van der Waals surface area contributed by atoms with Crippen LogP contribution in [0.3, 0.4) is 0 Å². The fraction of sp³-hybridized carbons (Fsp3) is 0.381. The van der Waals surface area contributed by atoms with Gasteiger partial charge in [-0.2, -0.15) is 0 Å². The van der Waals surface area contributed by atoms with Crippen LogP contribution in [0.4, 0.5) is 11.4 Å². The molecule has 2 aromatic carbocycles. The number of nitrogens with zero attached hydrogens (tertiary/aromatic N) is 1. The van der Waals surface area contributed by atoms with Crippen molar-refractivity contribution in [3.8, 4) is 5.75 Å². The molecular formula is C21H26N2O2. The summed E-state index contributed by atoms with van der Waals surface area (Å²) >= 11 is 0. The van der Waals surface area contributed by atoms with E-state index in [1.54, 1.807) is 12.1 Å². The third-order valence-electron chi connectivity index (χ3n) is 4.46. The average Bonchev–Trinajstić information content (AvgIpc) is 3.17. The molecular weight excluding hydrogens is 312 g/mol. The minimum absolute atomic E-state index is 0.0984. The van der Waals surface area contributed by atoms with Gasteiger partial charge in [-0.15, -0.1) is 0 Å². The van der Waals surface area contributed by atoms with Gasteiger partial charge in [0.1, 0.15) is 5.75 Å². The van der Waals surface area contributed by atoms with Crippen molar-refractivity contribution in [1.29, 1.82) is 0 Å². The second-order valence-electron chi connectivity index (χ2n) is 6.42. The van der Waals surface area contributed by atoms with Crippen molar-refractivity contribution < 1.29 is 9.53 Å². The fourth-order valence-electron chi connectivity index (χ4n) is 3.00. The number of ether oxygens (including phenoxy) is 1. The molecule has 3 rings (SSSR count). The normalized spacial score (nSPS) is 13.7. The summed E-state index contributed by atoms with van der Waals surface area (Å²) in [5.74, 6) is 0.708. The molecule has 1 saturated heterocycles. The second kappa shape index (κ2) is 8.56. The predicted octanol–water partition coefficient (Wildman–Crippen LogP) is 4.72. The Kier molecular flexibility index (Phi) is 5.94. The molecule has 1 heterocycles. The molecule has 132 valence electrons. The first-order valence-corrected chi connectivity index (χ1v) is 9.15. The van der Waals surface area contributed by atoms with Crippen LogP contribution in [0.2, 0.25) is 0 Å². The zero-order valence-electron chi connectivity index (χ0n) is 14.8. The highest BCUT2D eigenvalue weighted by atomic mass is 16.5. The summed E-state index contributed by atoms with van der Waals surface area (Å²) in [6.07, 6.45) is 4.62. The van der Waals surface area contributed by atoms with E-state index in [2.05, 4.69) is 23.2 Å². The van der Waals surface area contributed by atoms with Gasteiger partial charge in [0.15, 0.2) is 0 Å². The molecule has 1 aliphatic rings. The minimum Gasteiger partial charge on any atom is -0.494 e. The van der Waals surface area contributed by atoms with Gasteiger partial charge in [-0.25, -0.2) is 0 Å². The predicted molar refractivity (Wildman–Crippen MR) is 103 cm³/mol. The monoisotopic (exact) mass is 338 g/mol. The summed E-state index contributed by atoms with van der Waals surface area (Å²) in [6.45, 7) is 5.04. The number of hydrogen-bond donors (Lipinski definition) is 1. The molecule has 1 amide bonds. The first kappa shape index (κ1) is 17.3. The Morgan fingerprint density at radius 2 is 1.88 bits per heavy atom. The average molecular weight is 338 g/mol. The number of nitrogens with one attached hydrogen (secondary N) is 1. The number of hydrogen-bond acceptors (Lipinski definition) is 3. The fourth-order valence-corrected chi connectivity index (χ4v) is 3.00. The third-order valence-corrected chi connectivity index (χ3v) is 4.46. The van der Waals surface area contributed by atoms with Crippen molar-refractivity contribution in [2.75, 3.05) is 29.9 Å². The molecule has 1 aliphatic heterocycles. The number of unbranched alkanes of at least 4 members (excludes halogenated alkanes) is 1. The van der Waals surface area contributed by atoms with Crippen molar-refractivity contribution >= 4 is 17.3 Å². The number of rotatable bonds is 7. The maximum Gasteiger partial charge on any atom is 0.255 e. The summed E-state index contributed by atoms with van der Waals surface area (Å²) in [5, 5.41) is 2.99. The van der Waals surface area contributed by atoms with Crippen LogP contribution in [-0.4, -0.2) is 25.6 Å².